The highest BCUT2D eigenvalue weighted by atomic mass is 32.2. The molecule has 1 aliphatic heterocycles. The van der Waals surface area contributed by atoms with Crippen molar-refractivity contribution >= 4 is 27.3 Å². The predicted molar refractivity (Wildman–Crippen MR) is 69.8 cm³/mol. The predicted octanol–water partition coefficient (Wildman–Crippen LogP) is 0.949. The lowest BCUT2D eigenvalue weighted by Crippen LogP contribution is -2.34. The largest absolute Gasteiger partial charge is 0.340 e. The molecule has 2 rings (SSSR count). The summed E-state index contributed by atoms with van der Waals surface area (Å²) >= 11 is 1.07. The van der Waals surface area contributed by atoms with Crippen LogP contribution in [-0.2, 0) is 21.2 Å². The van der Waals surface area contributed by atoms with Gasteiger partial charge in [-0.15, -0.1) is 11.3 Å². The molecule has 0 spiro atoms. The first-order valence-electron chi connectivity index (χ1n) is 5.79. The zero-order chi connectivity index (χ0) is 13.3. The summed E-state index contributed by atoms with van der Waals surface area (Å²) < 4.78 is 22.4. The summed E-state index contributed by atoms with van der Waals surface area (Å²) in [6, 6.07) is 3.40. The van der Waals surface area contributed by atoms with Crippen LogP contribution in [0, 0.1) is 0 Å². The molecule has 1 amide bonds. The molecule has 5 nitrogen and oxygen atoms in total. The van der Waals surface area contributed by atoms with Gasteiger partial charge < -0.3 is 4.90 Å². The van der Waals surface area contributed by atoms with Gasteiger partial charge in [-0.3, -0.25) is 4.79 Å². The fourth-order valence-corrected chi connectivity index (χ4v) is 3.93. The second-order valence-electron chi connectivity index (χ2n) is 4.52. The molecule has 1 unspecified atom stereocenters. The highest BCUT2D eigenvalue weighted by molar-refractivity contribution is 7.91. The lowest BCUT2D eigenvalue weighted by Gasteiger charge is -2.20. The number of primary sulfonamides is 1. The highest BCUT2D eigenvalue weighted by Gasteiger charge is 2.25. The average Bonchev–Trinajstić information content (AvgIpc) is 2.85. The quantitative estimate of drug-likeness (QED) is 0.899. The zero-order valence-electron chi connectivity index (χ0n) is 10.1. The SMILES string of the molecule is CC1CCCN1C(=O)Cc1ccc(S(N)(=O)=O)s1. The van der Waals surface area contributed by atoms with Crippen LogP contribution in [0.2, 0.25) is 0 Å². The summed E-state index contributed by atoms with van der Waals surface area (Å²) in [4.78, 5) is 14.6. The van der Waals surface area contributed by atoms with Gasteiger partial charge in [-0.25, -0.2) is 13.6 Å². The number of carbonyl (C=O) groups excluding carboxylic acids is 1. The second-order valence-corrected chi connectivity index (χ2v) is 7.48. The van der Waals surface area contributed by atoms with Gasteiger partial charge in [0, 0.05) is 17.5 Å². The van der Waals surface area contributed by atoms with E-state index in [1.54, 1.807) is 6.07 Å². The number of nitrogens with zero attached hydrogens (tertiary/aromatic N) is 1. The minimum Gasteiger partial charge on any atom is -0.340 e. The Morgan fingerprint density at radius 1 is 1.56 bits per heavy atom. The number of nitrogens with two attached hydrogens (primary N) is 1. The smallest absolute Gasteiger partial charge is 0.247 e. The zero-order valence-corrected chi connectivity index (χ0v) is 11.8. The summed E-state index contributed by atoms with van der Waals surface area (Å²) in [6.45, 7) is 2.84. The Morgan fingerprint density at radius 2 is 2.28 bits per heavy atom. The highest BCUT2D eigenvalue weighted by Crippen LogP contribution is 2.23. The van der Waals surface area contributed by atoms with Crippen LogP contribution in [0.25, 0.3) is 0 Å². The van der Waals surface area contributed by atoms with Gasteiger partial charge in [0.05, 0.1) is 6.42 Å². The maximum atomic E-state index is 12.0. The minimum absolute atomic E-state index is 0.0582. The van der Waals surface area contributed by atoms with Crippen molar-refractivity contribution in [3.63, 3.8) is 0 Å². The molecule has 0 aromatic carbocycles. The van der Waals surface area contributed by atoms with Crippen LogP contribution in [0.5, 0.6) is 0 Å². The van der Waals surface area contributed by atoms with Gasteiger partial charge in [0.15, 0.2) is 0 Å². The Labute approximate surface area is 111 Å². The van der Waals surface area contributed by atoms with Gasteiger partial charge in [0.2, 0.25) is 15.9 Å². The number of hydrogen-bond acceptors (Lipinski definition) is 4. The van der Waals surface area contributed by atoms with E-state index < -0.39 is 10.0 Å². The first-order chi connectivity index (χ1) is 8.38. The third-order valence-corrected chi connectivity index (χ3v) is 5.64. The minimum atomic E-state index is -3.65. The molecule has 1 aliphatic rings. The lowest BCUT2D eigenvalue weighted by molar-refractivity contribution is -0.130. The third-order valence-electron chi connectivity index (χ3n) is 3.12. The van der Waals surface area contributed by atoms with E-state index >= 15 is 0 Å². The lowest BCUT2D eigenvalue weighted by atomic mass is 10.2. The van der Waals surface area contributed by atoms with Crippen LogP contribution >= 0.6 is 11.3 Å². The molecule has 1 aromatic rings. The van der Waals surface area contributed by atoms with Crippen molar-refractivity contribution in [2.24, 2.45) is 5.14 Å². The molecule has 2 heterocycles. The summed E-state index contributed by atoms with van der Waals surface area (Å²) in [6.07, 6.45) is 2.34. The van der Waals surface area contributed by atoms with Gasteiger partial charge in [0.25, 0.3) is 0 Å². The standard InChI is InChI=1S/C11H16N2O3S2/c1-8-3-2-6-13(8)10(14)7-9-4-5-11(17-9)18(12,15)16/h4-5,8H,2-3,6-7H2,1H3,(H2,12,15,16). The number of rotatable bonds is 3. The van der Waals surface area contributed by atoms with Gasteiger partial charge in [0.1, 0.15) is 4.21 Å². The number of sulfonamides is 1. The van der Waals surface area contributed by atoms with Crippen molar-refractivity contribution in [1.82, 2.24) is 4.90 Å². The van der Waals surface area contributed by atoms with E-state index in [1.807, 2.05) is 11.8 Å². The van der Waals surface area contributed by atoms with E-state index in [4.69, 9.17) is 5.14 Å². The molecule has 0 saturated carbocycles. The Kier molecular flexibility index (Phi) is 3.74. The normalized spacial score (nSPS) is 20.3. The van der Waals surface area contributed by atoms with E-state index in [0.29, 0.717) is 0 Å². The van der Waals surface area contributed by atoms with Gasteiger partial charge >= 0.3 is 0 Å². The molecule has 0 bridgehead atoms. The van der Waals surface area contributed by atoms with E-state index in [1.165, 1.54) is 6.07 Å². The molecular formula is C11H16N2O3S2. The van der Waals surface area contributed by atoms with Crippen molar-refractivity contribution in [3.8, 4) is 0 Å². The maximum absolute atomic E-state index is 12.0. The Hall–Kier alpha value is -0.920. The number of thiophene rings is 1. The van der Waals surface area contributed by atoms with E-state index in [2.05, 4.69) is 0 Å². The van der Waals surface area contributed by atoms with Crippen LogP contribution in [0.15, 0.2) is 16.3 Å². The van der Waals surface area contributed by atoms with E-state index in [9.17, 15) is 13.2 Å². The first-order valence-corrected chi connectivity index (χ1v) is 8.15. The molecule has 1 atom stereocenters. The van der Waals surface area contributed by atoms with Crippen molar-refractivity contribution in [1.29, 1.82) is 0 Å². The number of likely N-dealkylation sites (tertiary alicyclic amines) is 1. The van der Waals surface area contributed by atoms with Crippen LogP contribution in [0.4, 0.5) is 0 Å². The fourth-order valence-electron chi connectivity index (χ4n) is 2.16. The summed E-state index contributed by atoms with van der Waals surface area (Å²) in [5.74, 6) is 0.0582. The topological polar surface area (TPSA) is 80.5 Å². The molecule has 1 saturated heterocycles. The maximum Gasteiger partial charge on any atom is 0.247 e. The van der Waals surface area contributed by atoms with Gasteiger partial charge in [-0.05, 0) is 31.9 Å². The molecule has 100 valence electrons. The Morgan fingerprint density at radius 3 is 2.78 bits per heavy atom. The molecular weight excluding hydrogens is 272 g/mol. The van der Waals surface area contributed by atoms with Gasteiger partial charge in [-0.1, -0.05) is 0 Å². The van der Waals surface area contributed by atoms with Crippen LogP contribution < -0.4 is 5.14 Å². The number of amides is 1. The molecule has 0 aliphatic carbocycles. The summed E-state index contributed by atoms with van der Waals surface area (Å²) in [5.41, 5.74) is 0. The molecule has 2 N–H and O–H groups in total. The monoisotopic (exact) mass is 288 g/mol. The van der Waals surface area contributed by atoms with Crippen LogP contribution in [-0.4, -0.2) is 31.8 Å². The Balaban J connectivity index is 2.06. The first kappa shape index (κ1) is 13.5. The van der Waals surface area contributed by atoms with Crippen molar-refractivity contribution in [3.05, 3.63) is 17.0 Å². The Bertz CT molecular complexity index is 550. The number of carbonyl (C=O) groups is 1. The summed E-state index contributed by atoms with van der Waals surface area (Å²) in [5, 5.41) is 5.03. The van der Waals surface area contributed by atoms with Crippen LogP contribution in [0.3, 0.4) is 0 Å². The van der Waals surface area contributed by atoms with Crippen molar-refractivity contribution < 1.29 is 13.2 Å². The van der Waals surface area contributed by atoms with Crippen molar-refractivity contribution in [2.75, 3.05) is 6.54 Å². The molecule has 1 fully saturated rings. The van der Waals surface area contributed by atoms with Crippen LogP contribution in [0.1, 0.15) is 24.6 Å². The van der Waals surface area contributed by atoms with E-state index in [0.717, 1.165) is 35.6 Å². The molecule has 0 radical (unpaired) electrons. The van der Waals surface area contributed by atoms with E-state index in [-0.39, 0.29) is 22.6 Å². The molecule has 18 heavy (non-hydrogen) atoms. The number of hydrogen-bond donors (Lipinski definition) is 1. The molecule has 1 aromatic heterocycles. The van der Waals surface area contributed by atoms with Crippen molar-refractivity contribution in [2.45, 2.75) is 36.4 Å². The third kappa shape index (κ3) is 2.90. The second kappa shape index (κ2) is 4.99. The fraction of sp³-hybridized carbons (Fsp3) is 0.545. The summed E-state index contributed by atoms with van der Waals surface area (Å²) in [7, 11) is -3.65. The van der Waals surface area contributed by atoms with Gasteiger partial charge in [-0.2, -0.15) is 0 Å². The average molecular weight is 288 g/mol. The molecule has 7 heteroatoms.